The van der Waals surface area contributed by atoms with Crippen molar-refractivity contribution in [3.05, 3.63) is 29.6 Å². The normalized spacial score (nSPS) is 10.3. The molecule has 1 aromatic carbocycles. The summed E-state index contributed by atoms with van der Waals surface area (Å²) in [5.41, 5.74) is 6.60. The zero-order valence-corrected chi connectivity index (χ0v) is 8.99. The van der Waals surface area contributed by atoms with Gasteiger partial charge in [0.15, 0.2) is 5.11 Å². The quantitative estimate of drug-likeness (QED) is 0.740. The van der Waals surface area contributed by atoms with Crippen LogP contribution in [0.3, 0.4) is 0 Å². The number of hydrogen-bond donors (Lipinski definition) is 2. The van der Waals surface area contributed by atoms with Gasteiger partial charge in [0.2, 0.25) is 0 Å². The minimum Gasteiger partial charge on any atom is -0.376 e. The third-order valence-electron chi connectivity index (χ3n) is 1.89. The van der Waals surface area contributed by atoms with E-state index in [-0.39, 0.29) is 16.8 Å². The minimum absolute atomic E-state index is 0.0908. The fourth-order valence-electron chi connectivity index (χ4n) is 1.37. The van der Waals surface area contributed by atoms with E-state index < -0.39 is 0 Å². The molecule has 0 amide bonds. The summed E-state index contributed by atoms with van der Waals surface area (Å²) in [7, 11) is 0. The maximum Gasteiger partial charge on any atom is 0.168 e. The average Bonchev–Trinajstić information content (AvgIpc) is 2.01. The van der Waals surface area contributed by atoms with E-state index in [0.29, 0.717) is 11.3 Å². The molecule has 0 bridgehead atoms. The molecule has 0 atom stereocenters. The molecule has 0 aliphatic rings. The second kappa shape index (κ2) is 4.37. The molecule has 0 aliphatic carbocycles. The monoisotopic (exact) mass is 212 g/mol. The molecule has 0 aliphatic heterocycles. The highest BCUT2D eigenvalue weighted by Crippen LogP contribution is 2.26. The van der Waals surface area contributed by atoms with Crippen molar-refractivity contribution >= 4 is 23.0 Å². The number of hydrogen-bond acceptors (Lipinski definition) is 1. The molecule has 0 fully saturated rings. The van der Waals surface area contributed by atoms with Crippen LogP contribution < -0.4 is 11.1 Å². The lowest BCUT2D eigenvalue weighted by Gasteiger charge is -2.14. The molecule has 0 spiro atoms. The zero-order chi connectivity index (χ0) is 10.7. The van der Waals surface area contributed by atoms with Crippen molar-refractivity contribution in [2.45, 2.75) is 19.8 Å². The van der Waals surface area contributed by atoms with Gasteiger partial charge in [0, 0.05) is 11.3 Å². The van der Waals surface area contributed by atoms with E-state index in [1.165, 1.54) is 6.07 Å². The van der Waals surface area contributed by atoms with E-state index in [0.717, 1.165) is 0 Å². The molecular formula is C10H13FN2S. The van der Waals surface area contributed by atoms with Crippen LogP contribution in [-0.4, -0.2) is 5.11 Å². The number of rotatable bonds is 2. The van der Waals surface area contributed by atoms with Crippen molar-refractivity contribution in [2.24, 2.45) is 5.73 Å². The van der Waals surface area contributed by atoms with Crippen LogP contribution in [0, 0.1) is 5.82 Å². The summed E-state index contributed by atoms with van der Waals surface area (Å²) in [4.78, 5) is 0. The summed E-state index contributed by atoms with van der Waals surface area (Å²) in [6, 6.07) is 4.82. The number of thiocarbonyl (C=S) groups is 1. The van der Waals surface area contributed by atoms with E-state index in [4.69, 9.17) is 18.0 Å². The zero-order valence-electron chi connectivity index (χ0n) is 8.17. The van der Waals surface area contributed by atoms with Crippen molar-refractivity contribution < 1.29 is 4.39 Å². The van der Waals surface area contributed by atoms with Gasteiger partial charge < -0.3 is 11.1 Å². The molecule has 0 heterocycles. The molecule has 0 radical (unpaired) electrons. The SMILES string of the molecule is CC(C)c1c(F)cccc1NC(N)=S. The first kappa shape index (κ1) is 10.9. The van der Waals surface area contributed by atoms with Gasteiger partial charge in [-0.1, -0.05) is 19.9 Å². The first-order valence-corrected chi connectivity index (χ1v) is 4.78. The van der Waals surface area contributed by atoms with Gasteiger partial charge >= 0.3 is 0 Å². The van der Waals surface area contributed by atoms with Gasteiger partial charge in [-0.2, -0.15) is 0 Å². The van der Waals surface area contributed by atoms with Crippen LogP contribution in [0.25, 0.3) is 0 Å². The highest BCUT2D eigenvalue weighted by atomic mass is 32.1. The standard InChI is InChI=1S/C10H13FN2S/c1-6(2)9-7(11)4-3-5-8(9)13-10(12)14/h3-6H,1-2H3,(H3,12,13,14). The fraction of sp³-hybridized carbons (Fsp3) is 0.300. The maximum absolute atomic E-state index is 13.4. The fourth-order valence-corrected chi connectivity index (χ4v) is 1.48. The smallest absolute Gasteiger partial charge is 0.168 e. The minimum atomic E-state index is -0.235. The Labute approximate surface area is 88.3 Å². The molecule has 4 heteroatoms. The molecule has 14 heavy (non-hydrogen) atoms. The second-order valence-corrected chi connectivity index (χ2v) is 3.78. The van der Waals surface area contributed by atoms with E-state index in [1.807, 2.05) is 13.8 Å². The highest BCUT2D eigenvalue weighted by molar-refractivity contribution is 7.80. The number of halogens is 1. The van der Waals surface area contributed by atoms with Crippen LogP contribution >= 0.6 is 12.2 Å². The van der Waals surface area contributed by atoms with Gasteiger partial charge in [0.1, 0.15) is 5.82 Å². The molecule has 0 saturated heterocycles. The number of anilines is 1. The van der Waals surface area contributed by atoms with Crippen LogP contribution in [0.15, 0.2) is 18.2 Å². The van der Waals surface area contributed by atoms with Crippen molar-refractivity contribution in [3.8, 4) is 0 Å². The average molecular weight is 212 g/mol. The summed E-state index contributed by atoms with van der Waals surface area (Å²) in [6.45, 7) is 3.84. The molecular weight excluding hydrogens is 199 g/mol. The van der Waals surface area contributed by atoms with E-state index in [1.54, 1.807) is 12.1 Å². The van der Waals surface area contributed by atoms with Gasteiger partial charge in [-0.15, -0.1) is 0 Å². The largest absolute Gasteiger partial charge is 0.376 e. The Kier molecular flexibility index (Phi) is 3.41. The van der Waals surface area contributed by atoms with Crippen LogP contribution in [0.5, 0.6) is 0 Å². The van der Waals surface area contributed by atoms with Crippen molar-refractivity contribution in [1.82, 2.24) is 0 Å². The highest BCUT2D eigenvalue weighted by Gasteiger charge is 2.11. The molecule has 0 saturated carbocycles. The molecule has 3 N–H and O–H groups in total. The Bertz CT molecular complexity index is 350. The number of nitrogens with two attached hydrogens (primary N) is 1. The topological polar surface area (TPSA) is 38.0 Å². The summed E-state index contributed by atoms with van der Waals surface area (Å²) in [6.07, 6.45) is 0. The van der Waals surface area contributed by atoms with Gasteiger partial charge in [0.25, 0.3) is 0 Å². The van der Waals surface area contributed by atoms with Crippen molar-refractivity contribution in [1.29, 1.82) is 0 Å². The van der Waals surface area contributed by atoms with E-state index in [2.05, 4.69) is 5.32 Å². The summed E-state index contributed by atoms with van der Waals surface area (Å²) < 4.78 is 13.4. The van der Waals surface area contributed by atoms with Crippen LogP contribution in [0.2, 0.25) is 0 Å². The number of nitrogens with one attached hydrogen (secondary N) is 1. The third kappa shape index (κ3) is 2.42. The van der Waals surface area contributed by atoms with E-state index in [9.17, 15) is 4.39 Å². The second-order valence-electron chi connectivity index (χ2n) is 3.35. The van der Waals surface area contributed by atoms with Crippen LogP contribution in [0.4, 0.5) is 10.1 Å². The molecule has 0 aromatic heterocycles. The Morgan fingerprint density at radius 1 is 1.50 bits per heavy atom. The third-order valence-corrected chi connectivity index (χ3v) is 1.99. The van der Waals surface area contributed by atoms with Gasteiger partial charge in [-0.3, -0.25) is 0 Å². The Morgan fingerprint density at radius 2 is 2.14 bits per heavy atom. The van der Waals surface area contributed by atoms with Gasteiger partial charge in [0.05, 0.1) is 0 Å². The lowest BCUT2D eigenvalue weighted by atomic mass is 10.0. The first-order valence-electron chi connectivity index (χ1n) is 4.37. The Balaban J connectivity index is 3.14. The van der Waals surface area contributed by atoms with Crippen molar-refractivity contribution in [2.75, 3.05) is 5.32 Å². The van der Waals surface area contributed by atoms with Gasteiger partial charge in [-0.25, -0.2) is 4.39 Å². The maximum atomic E-state index is 13.4. The molecule has 76 valence electrons. The molecule has 1 rings (SSSR count). The molecule has 0 unspecified atom stereocenters. The van der Waals surface area contributed by atoms with E-state index >= 15 is 0 Å². The Morgan fingerprint density at radius 3 is 2.64 bits per heavy atom. The first-order chi connectivity index (χ1) is 6.52. The Hall–Kier alpha value is -1.16. The predicted octanol–water partition coefficient (Wildman–Crippen LogP) is 2.60. The number of benzene rings is 1. The molecule has 1 aromatic rings. The summed E-state index contributed by atoms with van der Waals surface area (Å²) >= 11 is 4.71. The van der Waals surface area contributed by atoms with Crippen LogP contribution in [-0.2, 0) is 0 Å². The van der Waals surface area contributed by atoms with Crippen molar-refractivity contribution in [3.63, 3.8) is 0 Å². The van der Waals surface area contributed by atoms with Gasteiger partial charge in [-0.05, 0) is 30.3 Å². The predicted molar refractivity (Wildman–Crippen MR) is 60.9 cm³/mol. The lowest BCUT2D eigenvalue weighted by molar-refractivity contribution is 0.599. The van der Waals surface area contributed by atoms with Crippen LogP contribution in [0.1, 0.15) is 25.3 Å². The summed E-state index contributed by atoms with van der Waals surface area (Å²) in [5.74, 6) is -0.144. The lowest BCUT2D eigenvalue weighted by Crippen LogP contribution is -2.20. The molecule has 2 nitrogen and oxygen atoms in total. The summed E-state index contributed by atoms with van der Waals surface area (Å²) in [5, 5.41) is 2.92.